The van der Waals surface area contributed by atoms with E-state index in [1.165, 1.54) is 19.3 Å². The first-order valence-electron chi connectivity index (χ1n) is 8.38. The highest BCUT2D eigenvalue weighted by Gasteiger charge is 2.45. The third-order valence-electron chi connectivity index (χ3n) is 5.18. The Morgan fingerprint density at radius 1 is 1.17 bits per heavy atom. The maximum absolute atomic E-state index is 5.81. The lowest BCUT2D eigenvalue weighted by atomic mass is 9.87. The second-order valence-electron chi connectivity index (χ2n) is 6.95. The number of aryl methyl sites for hydroxylation is 1. The SMILES string of the molecule is Cc1cc(N2CC3CC(C2)N3Cc2nnc(C3CC3)o2)ncn1. The zero-order chi connectivity index (χ0) is 15.4. The van der Waals surface area contributed by atoms with Gasteiger partial charge in [0, 0.05) is 42.9 Å². The topological polar surface area (TPSA) is 71.2 Å². The van der Waals surface area contributed by atoms with E-state index in [-0.39, 0.29) is 0 Å². The lowest BCUT2D eigenvalue weighted by molar-refractivity contribution is -0.0152. The average molecular weight is 312 g/mol. The minimum atomic E-state index is 0.531. The predicted molar refractivity (Wildman–Crippen MR) is 83.0 cm³/mol. The summed E-state index contributed by atoms with van der Waals surface area (Å²) < 4.78 is 5.81. The van der Waals surface area contributed by atoms with Crippen LogP contribution in [0.1, 0.15) is 42.7 Å². The van der Waals surface area contributed by atoms with Crippen LogP contribution in [0.2, 0.25) is 0 Å². The number of anilines is 1. The number of hydrogen-bond acceptors (Lipinski definition) is 7. The average Bonchev–Trinajstić information content (AvgIpc) is 3.31. The predicted octanol–water partition coefficient (Wildman–Crippen LogP) is 1.51. The minimum absolute atomic E-state index is 0.531. The van der Waals surface area contributed by atoms with E-state index >= 15 is 0 Å². The molecule has 5 heterocycles. The van der Waals surface area contributed by atoms with Crippen LogP contribution in [0.5, 0.6) is 0 Å². The third-order valence-corrected chi connectivity index (χ3v) is 5.18. The monoisotopic (exact) mass is 312 g/mol. The molecule has 2 atom stereocenters. The number of hydrogen-bond donors (Lipinski definition) is 0. The fraction of sp³-hybridized carbons (Fsp3) is 0.625. The van der Waals surface area contributed by atoms with Crippen LogP contribution in [0, 0.1) is 6.92 Å². The molecule has 6 rings (SSSR count). The van der Waals surface area contributed by atoms with Gasteiger partial charge < -0.3 is 9.32 Å². The van der Waals surface area contributed by atoms with Crippen LogP contribution in [-0.2, 0) is 6.54 Å². The molecular weight excluding hydrogens is 292 g/mol. The molecule has 0 amide bonds. The summed E-state index contributed by atoms with van der Waals surface area (Å²) in [7, 11) is 0. The van der Waals surface area contributed by atoms with Crippen molar-refractivity contribution >= 4 is 5.82 Å². The molecule has 3 saturated heterocycles. The van der Waals surface area contributed by atoms with Gasteiger partial charge in [-0.25, -0.2) is 9.97 Å². The summed E-state index contributed by atoms with van der Waals surface area (Å²) in [4.78, 5) is 13.5. The van der Waals surface area contributed by atoms with Gasteiger partial charge in [0.1, 0.15) is 12.1 Å². The summed E-state index contributed by atoms with van der Waals surface area (Å²) in [6.07, 6.45) is 5.30. The molecule has 2 aromatic rings. The fourth-order valence-corrected chi connectivity index (χ4v) is 3.73. The van der Waals surface area contributed by atoms with Crippen molar-refractivity contribution in [3.8, 4) is 0 Å². The van der Waals surface area contributed by atoms with Gasteiger partial charge in [-0.2, -0.15) is 0 Å². The van der Waals surface area contributed by atoms with Gasteiger partial charge in [0.25, 0.3) is 0 Å². The number of fused-ring (bicyclic) bond motifs is 2. The first-order chi connectivity index (χ1) is 11.3. The smallest absolute Gasteiger partial charge is 0.230 e. The molecule has 23 heavy (non-hydrogen) atoms. The lowest BCUT2D eigenvalue weighted by Gasteiger charge is -2.56. The Balaban J connectivity index is 1.25. The molecule has 2 bridgehead atoms. The van der Waals surface area contributed by atoms with E-state index in [1.807, 2.05) is 6.92 Å². The summed E-state index contributed by atoms with van der Waals surface area (Å²) in [6, 6.07) is 3.18. The fourth-order valence-electron chi connectivity index (χ4n) is 3.73. The standard InChI is InChI=1S/C16H20N6O/c1-10-4-14(18-9-17-10)21-6-12-5-13(7-21)22(12)8-15-19-20-16(23-15)11-2-3-11/h4,9,11-13H,2-3,5-8H2,1H3. The van der Waals surface area contributed by atoms with E-state index < -0.39 is 0 Å². The van der Waals surface area contributed by atoms with Crippen LogP contribution in [0.4, 0.5) is 5.82 Å². The third kappa shape index (κ3) is 2.39. The largest absolute Gasteiger partial charge is 0.424 e. The highest BCUT2D eigenvalue weighted by molar-refractivity contribution is 5.41. The Labute approximate surface area is 134 Å². The molecule has 2 unspecified atom stereocenters. The van der Waals surface area contributed by atoms with E-state index in [1.54, 1.807) is 6.33 Å². The lowest BCUT2D eigenvalue weighted by Crippen LogP contribution is -2.68. The van der Waals surface area contributed by atoms with Gasteiger partial charge >= 0.3 is 0 Å². The van der Waals surface area contributed by atoms with Crippen LogP contribution >= 0.6 is 0 Å². The number of rotatable bonds is 4. The molecule has 1 saturated carbocycles. The highest BCUT2D eigenvalue weighted by atomic mass is 16.4. The minimum Gasteiger partial charge on any atom is -0.424 e. The van der Waals surface area contributed by atoms with Crippen LogP contribution < -0.4 is 4.90 Å². The molecule has 4 fully saturated rings. The molecular formula is C16H20N6O. The number of aromatic nitrogens is 4. The zero-order valence-electron chi connectivity index (χ0n) is 13.2. The Kier molecular flexibility index (Phi) is 2.91. The Hall–Kier alpha value is -2.02. The van der Waals surface area contributed by atoms with E-state index in [4.69, 9.17) is 4.42 Å². The van der Waals surface area contributed by atoms with Gasteiger partial charge in [-0.05, 0) is 26.2 Å². The van der Waals surface area contributed by atoms with Crippen LogP contribution in [-0.4, -0.2) is 50.2 Å². The van der Waals surface area contributed by atoms with Crippen molar-refractivity contribution in [2.24, 2.45) is 0 Å². The molecule has 2 aromatic heterocycles. The second kappa shape index (κ2) is 4.99. The van der Waals surface area contributed by atoms with Crippen LogP contribution in [0.3, 0.4) is 0 Å². The highest BCUT2D eigenvalue weighted by Crippen LogP contribution is 2.40. The molecule has 0 aromatic carbocycles. The molecule has 7 nitrogen and oxygen atoms in total. The summed E-state index contributed by atoms with van der Waals surface area (Å²) in [5.74, 6) is 3.18. The molecule has 0 N–H and O–H groups in total. The maximum Gasteiger partial charge on any atom is 0.230 e. The van der Waals surface area contributed by atoms with Gasteiger partial charge in [0.2, 0.25) is 11.8 Å². The zero-order valence-corrected chi connectivity index (χ0v) is 13.2. The Morgan fingerprint density at radius 2 is 2.00 bits per heavy atom. The summed E-state index contributed by atoms with van der Waals surface area (Å²) in [5, 5.41) is 8.41. The molecule has 4 aliphatic rings. The maximum atomic E-state index is 5.81. The molecule has 120 valence electrons. The van der Waals surface area contributed by atoms with Crippen LogP contribution in [0.15, 0.2) is 16.8 Å². The van der Waals surface area contributed by atoms with Crippen LogP contribution in [0.25, 0.3) is 0 Å². The van der Waals surface area contributed by atoms with E-state index in [0.29, 0.717) is 18.0 Å². The quantitative estimate of drug-likeness (QED) is 0.847. The van der Waals surface area contributed by atoms with Crippen molar-refractivity contribution in [1.29, 1.82) is 0 Å². The van der Waals surface area contributed by atoms with Gasteiger partial charge in [0.05, 0.1) is 6.54 Å². The van der Waals surface area contributed by atoms with E-state index in [0.717, 1.165) is 42.9 Å². The number of piperazine rings is 1. The molecule has 7 heteroatoms. The van der Waals surface area contributed by atoms with E-state index in [2.05, 4.69) is 36.0 Å². The van der Waals surface area contributed by atoms with Gasteiger partial charge in [-0.3, -0.25) is 4.90 Å². The summed E-state index contributed by atoms with van der Waals surface area (Å²) in [6.45, 7) is 4.81. The van der Waals surface area contributed by atoms with E-state index in [9.17, 15) is 0 Å². The number of nitrogens with zero attached hydrogens (tertiary/aromatic N) is 6. The van der Waals surface area contributed by atoms with Crippen molar-refractivity contribution in [1.82, 2.24) is 25.1 Å². The van der Waals surface area contributed by atoms with Crippen molar-refractivity contribution in [2.45, 2.75) is 50.7 Å². The Bertz CT molecular complexity index is 715. The molecule has 0 spiro atoms. The van der Waals surface area contributed by atoms with Crippen molar-refractivity contribution in [3.05, 3.63) is 29.9 Å². The molecule has 1 aliphatic carbocycles. The normalized spacial score (nSPS) is 27.1. The second-order valence-corrected chi connectivity index (χ2v) is 6.95. The Morgan fingerprint density at radius 3 is 2.74 bits per heavy atom. The molecule has 0 radical (unpaired) electrons. The first kappa shape index (κ1) is 13.4. The van der Waals surface area contributed by atoms with Gasteiger partial charge in [0.15, 0.2) is 0 Å². The van der Waals surface area contributed by atoms with Crippen molar-refractivity contribution in [2.75, 3.05) is 18.0 Å². The summed E-state index contributed by atoms with van der Waals surface area (Å²) >= 11 is 0. The molecule has 3 aliphatic heterocycles. The van der Waals surface area contributed by atoms with Crippen molar-refractivity contribution in [3.63, 3.8) is 0 Å². The van der Waals surface area contributed by atoms with Crippen molar-refractivity contribution < 1.29 is 4.42 Å². The van der Waals surface area contributed by atoms with Gasteiger partial charge in [-0.15, -0.1) is 10.2 Å². The van der Waals surface area contributed by atoms with Gasteiger partial charge in [-0.1, -0.05) is 0 Å². The summed E-state index contributed by atoms with van der Waals surface area (Å²) in [5.41, 5.74) is 1.02. The number of piperidine rings is 1. The first-order valence-corrected chi connectivity index (χ1v) is 8.38.